The SMILES string of the molecule is CCC(CC)(CNS(=O)(=O)N1CCCC1)C(=O)O. The van der Waals surface area contributed by atoms with Gasteiger partial charge >= 0.3 is 5.97 Å². The van der Waals surface area contributed by atoms with Crippen LogP contribution in [0.1, 0.15) is 39.5 Å². The number of carboxylic acid groups (broad SMARTS) is 1. The van der Waals surface area contributed by atoms with Crippen LogP contribution in [0.25, 0.3) is 0 Å². The summed E-state index contributed by atoms with van der Waals surface area (Å²) in [5, 5.41) is 9.24. The maximum absolute atomic E-state index is 12.0. The first-order chi connectivity index (χ1) is 8.38. The van der Waals surface area contributed by atoms with E-state index in [1.54, 1.807) is 13.8 Å². The first-order valence-corrected chi connectivity index (χ1v) is 7.80. The number of carbonyl (C=O) groups is 1. The highest BCUT2D eigenvalue weighted by molar-refractivity contribution is 7.87. The molecule has 0 unspecified atom stereocenters. The minimum Gasteiger partial charge on any atom is -0.481 e. The van der Waals surface area contributed by atoms with Gasteiger partial charge in [-0.3, -0.25) is 4.79 Å². The lowest BCUT2D eigenvalue weighted by molar-refractivity contribution is -0.149. The van der Waals surface area contributed by atoms with Gasteiger partial charge in [0, 0.05) is 19.6 Å². The summed E-state index contributed by atoms with van der Waals surface area (Å²) in [4.78, 5) is 11.3. The summed E-state index contributed by atoms with van der Waals surface area (Å²) in [6.07, 6.45) is 2.54. The van der Waals surface area contributed by atoms with Gasteiger partial charge in [0.15, 0.2) is 0 Å². The zero-order valence-corrected chi connectivity index (χ0v) is 11.8. The van der Waals surface area contributed by atoms with E-state index in [0.717, 1.165) is 12.8 Å². The van der Waals surface area contributed by atoms with E-state index in [2.05, 4.69) is 4.72 Å². The summed E-state index contributed by atoms with van der Waals surface area (Å²) < 4.78 is 27.7. The molecule has 0 bridgehead atoms. The molecule has 106 valence electrons. The molecule has 1 aliphatic rings. The fraction of sp³-hybridized carbons (Fsp3) is 0.909. The summed E-state index contributed by atoms with van der Waals surface area (Å²) in [7, 11) is -3.53. The molecule has 1 fully saturated rings. The molecule has 1 rings (SSSR count). The van der Waals surface area contributed by atoms with Crippen LogP contribution >= 0.6 is 0 Å². The molecule has 18 heavy (non-hydrogen) atoms. The van der Waals surface area contributed by atoms with Crippen LogP contribution in [0.2, 0.25) is 0 Å². The normalized spacial score (nSPS) is 18.1. The molecule has 0 aromatic rings. The standard InChI is InChI=1S/C11H22N2O4S/c1-3-11(4-2,10(14)15)9-12-18(16,17)13-7-5-6-8-13/h12H,3-9H2,1-2H3,(H,14,15). The first-order valence-electron chi connectivity index (χ1n) is 6.36. The molecular weight excluding hydrogens is 256 g/mol. The third kappa shape index (κ3) is 3.21. The third-order valence-corrected chi connectivity index (χ3v) is 5.36. The molecular formula is C11H22N2O4S. The van der Waals surface area contributed by atoms with E-state index in [4.69, 9.17) is 0 Å². The number of rotatable bonds is 7. The number of nitrogens with one attached hydrogen (secondary N) is 1. The van der Waals surface area contributed by atoms with E-state index in [9.17, 15) is 18.3 Å². The summed E-state index contributed by atoms with van der Waals surface area (Å²) in [5.41, 5.74) is -1.01. The fourth-order valence-corrected chi connectivity index (χ4v) is 3.51. The van der Waals surface area contributed by atoms with E-state index < -0.39 is 21.6 Å². The number of hydrogen-bond acceptors (Lipinski definition) is 3. The summed E-state index contributed by atoms with van der Waals surface area (Å²) >= 11 is 0. The minimum atomic E-state index is -3.53. The van der Waals surface area contributed by atoms with Crippen molar-refractivity contribution in [1.29, 1.82) is 0 Å². The molecule has 0 aromatic heterocycles. The van der Waals surface area contributed by atoms with E-state index in [1.807, 2.05) is 0 Å². The van der Waals surface area contributed by atoms with Crippen LogP contribution in [0.4, 0.5) is 0 Å². The van der Waals surface area contributed by atoms with Gasteiger partial charge in [0.2, 0.25) is 0 Å². The average molecular weight is 278 g/mol. The molecule has 1 heterocycles. The lowest BCUT2D eigenvalue weighted by atomic mass is 9.83. The minimum absolute atomic E-state index is 0.0475. The lowest BCUT2D eigenvalue weighted by Crippen LogP contribution is -2.46. The topological polar surface area (TPSA) is 86.7 Å². The van der Waals surface area contributed by atoms with Crippen molar-refractivity contribution in [3.05, 3.63) is 0 Å². The predicted molar refractivity (Wildman–Crippen MR) is 68.4 cm³/mol. The van der Waals surface area contributed by atoms with Crippen LogP contribution in [0.3, 0.4) is 0 Å². The van der Waals surface area contributed by atoms with Gasteiger partial charge in [0.25, 0.3) is 10.2 Å². The molecule has 0 atom stereocenters. The van der Waals surface area contributed by atoms with Gasteiger partial charge in [-0.25, -0.2) is 4.72 Å². The van der Waals surface area contributed by atoms with Crippen LogP contribution in [0.5, 0.6) is 0 Å². The van der Waals surface area contributed by atoms with E-state index in [0.29, 0.717) is 25.9 Å². The summed E-state index contributed by atoms with van der Waals surface area (Å²) in [6, 6.07) is 0. The van der Waals surface area contributed by atoms with Crippen molar-refractivity contribution >= 4 is 16.2 Å². The number of nitrogens with zero attached hydrogens (tertiary/aromatic N) is 1. The number of aliphatic carboxylic acids is 1. The van der Waals surface area contributed by atoms with Crippen molar-refractivity contribution in [2.45, 2.75) is 39.5 Å². The Balaban J connectivity index is 2.70. The Labute approximate surface area is 109 Å². The Bertz CT molecular complexity index is 384. The van der Waals surface area contributed by atoms with E-state index >= 15 is 0 Å². The second kappa shape index (κ2) is 5.99. The van der Waals surface area contributed by atoms with Gasteiger partial charge in [-0.15, -0.1) is 0 Å². The van der Waals surface area contributed by atoms with Crippen molar-refractivity contribution < 1.29 is 18.3 Å². The average Bonchev–Trinajstić information content (AvgIpc) is 2.84. The Kier molecular flexibility index (Phi) is 5.12. The fourth-order valence-electron chi connectivity index (χ4n) is 2.13. The largest absolute Gasteiger partial charge is 0.481 e. The van der Waals surface area contributed by atoms with Crippen LogP contribution in [-0.2, 0) is 15.0 Å². The van der Waals surface area contributed by atoms with Gasteiger partial charge in [-0.05, 0) is 25.7 Å². The van der Waals surface area contributed by atoms with E-state index in [-0.39, 0.29) is 6.54 Å². The van der Waals surface area contributed by atoms with Crippen molar-refractivity contribution in [2.75, 3.05) is 19.6 Å². The Hall–Kier alpha value is -0.660. The van der Waals surface area contributed by atoms with Crippen molar-refractivity contribution in [2.24, 2.45) is 5.41 Å². The molecule has 2 N–H and O–H groups in total. The molecule has 0 aromatic carbocycles. The van der Waals surface area contributed by atoms with Gasteiger partial charge in [-0.2, -0.15) is 12.7 Å². The Morgan fingerprint density at radius 1 is 1.28 bits per heavy atom. The van der Waals surface area contributed by atoms with Crippen LogP contribution in [0, 0.1) is 5.41 Å². The van der Waals surface area contributed by atoms with Crippen molar-refractivity contribution in [3.63, 3.8) is 0 Å². The molecule has 0 radical (unpaired) electrons. The van der Waals surface area contributed by atoms with Crippen molar-refractivity contribution in [3.8, 4) is 0 Å². The molecule has 0 spiro atoms. The molecule has 0 aliphatic carbocycles. The van der Waals surface area contributed by atoms with Crippen LogP contribution in [-0.4, -0.2) is 43.4 Å². The zero-order valence-electron chi connectivity index (χ0n) is 11.0. The zero-order chi connectivity index (χ0) is 13.8. The summed E-state index contributed by atoms with van der Waals surface area (Å²) in [5.74, 6) is -0.948. The van der Waals surface area contributed by atoms with Gasteiger partial charge in [0.1, 0.15) is 0 Å². The van der Waals surface area contributed by atoms with Gasteiger partial charge in [-0.1, -0.05) is 13.8 Å². The van der Waals surface area contributed by atoms with E-state index in [1.165, 1.54) is 4.31 Å². The first kappa shape index (κ1) is 15.4. The highest BCUT2D eigenvalue weighted by Gasteiger charge is 2.37. The third-order valence-electron chi connectivity index (χ3n) is 3.81. The second-order valence-electron chi connectivity index (χ2n) is 4.72. The Morgan fingerprint density at radius 3 is 2.17 bits per heavy atom. The lowest BCUT2D eigenvalue weighted by Gasteiger charge is -2.28. The maximum Gasteiger partial charge on any atom is 0.310 e. The summed E-state index contributed by atoms with van der Waals surface area (Å²) in [6.45, 7) is 4.53. The van der Waals surface area contributed by atoms with Gasteiger partial charge < -0.3 is 5.11 Å². The van der Waals surface area contributed by atoms with Crippen LogP contribution in [0.15, 0.2) is 0 Å². The van der Waals surface area contributed by atoms with Crippen molar-refractivity contribution in [1.82, 2.24) is 9.03 Å². The molecule has 7 heteroatoms. The molecule has 0 saturated carbocycles. The second-order valence-corrected chi connectivity index (χ2v) is 6.48. The quantitative estimate of drug-likeness (QED) is 0.721. The predicted octanol–water partition coefficient (Wildman–Crippen LogP) is 0.808. The molecule has 6 nitrogen and oxygen atoms in total. The Morgan fingerprint density at radius 2 is 1.78 bits per heavy atom. The highest BCUT2D eigenvalue weighted by Crippen LogP contribution is 2.26. The smallest absolute Gasteiger partial charge is 0.310 e. The van der Waals surface area contributed by atoms with Gasteiger partial charge in [0.05, 0.1) is 5.41 Å². The molecule has 1 saturated heterocycles. The highest BCUT2D eigenvalue weighted by atomic mass is 32.2. The number of hydrogen-bond donors (Lipinski definition) is 2. The monoisotopic (exact) mass is 278 g/mol. The van der Waals surface area contributed by atoms with Crippen LogP contribution < -0.4 is 4.72 Å². The molecule has 0 amide bonds. The maximum atomic E-state index is 12.0. The molecule has 1 aliphatic heterocycles. The number of carboxylic acids is 1.